The van der Waals surface area contributed by atoms with Gasteiger partial charge in [-0.05, 0) is 92.9 Å². The van der Waals surface area contributed by atoms with Crippen molar-refractivity contribution in [2.24, 2.45) is 23.7 Å². The second-order valence-corrected chi connectivity index (χ2v) is 9.59. The first-order valence-corrected chi connectivity index (χ1v) is 10.4. The van der Waals surface area contributed by atoms with Crippen LogP contribution in [0, 0.1) is 23.7 Å². The predicted molar refractivity (Wildman–Crippen MR) is 104 cm³/mol. The average Bonchev–Trinajstić information content (AvgIpc) is 2.57. The second kappa shape index (κ2) is 6.95. The zero-order valence-electron chi connectivity index (χ0n) is 16.3. The molecule has 0 heterocycles. The van der Waals surface area contributed by atoms with E-state index in [9.17, 15) is 0 Å². The Bertz CT molecular complexity index is 541. The van der Waals surface area contributed by atoms with E-state index in [-0.39, 0.29) is 0 Å². The van der Waals surface area contributed by atoms with Crippen LogP contribution in [0.5, 0.6) is 5.75 Å². The van der Waals surface area contributed by atoms with Crippen LogP contribution >= 0.6 is 0 Å². The van der Waals surface area contributed by atoms with E-state index in [0.717, 1.165) is 36.0 Å². The number of ether oxygens (including phenoxy) is 1. The van der Waals surface area contributed by atoms with Gasteiger partial charge in [-0.3, -0.25) is 4.90 Å². The molecule has 138 valence electrons. The number of methoxy groups -OCH3 is 1. The molecule has 0 spiro atoms. The van der Waals surface area contributed by atoms with E-state index < -0.39 is 0 Å². The summed E-state index contributed by atoms with van der Waals surface area (Å²) in [5, 5.41) is 0. The first-order chi connectivity index (χ1) is 12.1. The molecule has 0 unspecified atom stereocenters. The van der Waals surface area contributed by atoms with Gasteiger partial charge in [0, 0.05) is 12.1 Å². The fourth-order valence-electron chi connectivity index (χ4n) is 6.30. The SMILES string of the molecule is COc1ccc(CN(CCC(C)C)C23CC4CC(CC(C4)C2)C3)cc1. The predicted octanol–water partition coefficient (Wildman–Crippen LogP) is 5.51. The van der Waals surface area contributed by atoms with Gasteiger partial charge in [-0.15, -0.1) is 0 Å². The Morgan fingerprint density at radius 1 is 1.00 bits per heavy atom. The van der Waals surface area contributed by atoms with E-state index in [1.807, 2.05) is 0 Å². The minimum atomic E-state index is 0.504. The Balaban J connectivity index is 1.55. The number of benzene rings is 1. The summed E-state index contributed by atoms with van der Waals surface area (Å²) in [4.78, 5) is 2.90. The topological polar surface area (TPSA) is 12.5 Å². The highest BCUT2D eigenvalue weighted by Crippen LogP contribution is 2.58. The molecule has 4 bridgehead atoms. The fraction of sp³-hybridized carbons (Fsp3) is 0.739. The van der Waals surface area contributed by atoms with Gasteiger partial charge in [-0.2, -0.15) is 0 Å². The molecule has 0 radical (unpaired) electrons. The molecule has 0 saturated heterocycles. The summed E-state index contributed by atoms with van der Waals surface area (Å²) in [6.07, 6.45) is 10.3. The second-order valence-electron chi connectivity index (χ2n) is 9.59. The summed E-state index contributed by atoms with van der Waals surface area (Å²) >= 11 is 0. The maximum Gasteiger partial charge on any atom is 0.118 e. The van der Waals surface area contributed by atoms with Gasteiger partial charge in [0.15, 0.2) is 0 Å². The third-order valence-corrected chi connectivity index (χ3v) is 7.19. The standard InChI is InChI=1S/C23H35NO/c1-17(2)8-9-24(16-18-4-6-22(25-3)7-5-18)23-13-19-10-20(14-23)12-21(11-19)15-23/h4-7,17,19-21H,8-16H2,1-3H3. The first kappa shape index (κ1) is 17.4. The van der Waals surface area contributed by atoms with Crippen LogP contribution in [0.3, 0.4) is 0 Å². The zero-order valence-corrected chi connectivity index (χ0v) is 16.3. The van der Waals surface area contributed by atoms with Gasteiger partial charge in [0.2, 0.25) is 0 Å². The van der Waals surface area contributed by atoms with Crippen molar-refractivity contribution < 1.29 is 4.74 Å². The number of hydrogen-bond acceptors (Lipinski definition) is 2. The summed E-state index contributed by atoms with van der Waals surface area (Å²) in [7, 11) is 1.75. The minimum absolute atomic E-state index is 0.504. The van der Waals surface area contributed by atoms with E-state index in [0.29, 0.717) is 5.54 Å². The van der Waals surface area contributed by atoms with Crippen molar-refractivity contribution in [3.05, 3.63) is 29.8 Å². The molecule has 0 N–H and O–H groups in total. The Morgan fingerprint density at radius 2 is 1.56 bits per heavy atom. The lowest BCUT2D eigenvalue weighted by Crippen LogP contribution is -2.59. The summed E-state index contributed by atoms with van der Waals surface area (Å²) in [6.45, 7) is 7.11. The van der Waals surface area contributed by atoms with Crippen molar-refractivity contribution in [2.45, 2.75) is 70.9 Å². The molecule has 0 aliphatic heterocycles. The average molecular weight is 342 g/mol. The molecule has 5 rings (SSSR count). The van der Waals surface area contributed by atoms with Gasteiger partial charge in [0.25, 0.3) is 0 Å². The zero-order chi connectivity index (χ0) is 17.4. The van der Waals surface area contributed by atoms with Crippen LogP contribution in [-0.4, -0.2) is 24.1 Å². The van der Waals surface area contributed by atoms with Gasteiger partial charge >= 0.3 is 0 Å². The van der Waals surface area contributed by atoms with Crippen LogP contribution < -0.4 is 4.74 Å². The van der Waals surface area contributed by atoms with Gasteiger partial charge in [-0.25, -0.2) is 0 Å². The highest BCUT2D eigenvalue weighted by molar-refractivity contribution is 5.27. The number of hydrogen-bond donors (Lipinski definition) is 0. The molecule has 0 amide bonds. The molecule has 4 aliphatic rings. The van der Waals surface area contributed by atoms with Crippen molar-refractivity contribution in [3.8, 4) is 5.75 Å². The molecule has 1 aromatic rings. The molecule has 25 heavy (non-hydrogen) atoms. The van der Waals surface area contributed by atoms with Crippen LogP contribution in [0.25, 0.3) is 0 Å². The molecule has 4 aliphatic carbocycles. The highest BCUT2D eigenvalue weighted by atomic mass is 16.5. The summed E-state index contributed by atoms with van der Waals surface area (Å²) in [6, 6.07) is 8.77. The molecule has 0 atom stereocenters. The van der Waals surface area contributed by atoms with Gasteiger partial charge in [0.1, 0.15) is 5.75 Å². The Hall–Kier alpha value is -1.02. The Kier molecular flexibility index (Phi) is 4.83. The molecule has 4 saturated carbocycles. The van der Waals surface area contributed by atoms with Crippen LogP contribution in [0.4, 0.5) is 0 Å². The van der Waals surface area contributed by atoms with Crippen LogP contribution in [0.2, 0.25) is 0 Å². The normalized spacial score (nSPS) is 33.4. The summed E-state index contributed by atoms with van der Waals surface area (Å²) in [5.41, 5.74) is 1.95. The van der Waals surface area contributed by atoms with E-state index in [1.54, 1.807) is 7.11 Å². The van der Waals surface area contributed by atoms with E-state index in [4.69, 9.17) is 4.74 Å². The lowest BCUT2D eigenvalue weighted by molar-refractivity contribution is -0.0935. The number of rotatable bonds is 7. The molecule has 1 aromatic carbocycles. The van der Waals surface area contributed by atoms with Crippen molar-refractivity contribution in [1.29, 1.82) is 0 Å². The van der Waals surface area contributed by atoms with E-state index >= 15 is 0 Å². The lowest BCUT2D eigenvalue weighted by atomic mass is 9.52. The van der Waals surface area contributed by atoms with E-state index in [2.05, 4.69) is 43.0 Å². The van der Waals surface area contributed by atoms with Crippen LogP contribution in [-0.2, 0) is 6.54 Å². The highest BCUT2D eigenvalue weighted by Gasteiger charge is 2.53. The quantitative estimate of drug-likeness (QED) is 0.648. The minimum Gasteiger partial charge on any atom is -0.497 e. The van der Waals surface area contributed by atoms with Crippen molar-refractivity contribution >= 4 is 0 Å². The molecule has 2 nitrogen and oxygen atoms in total. The van der Waals surface area contributed by atoms with Gasteiger partial charge in [-0.1, -0.05) is 26.0 Å². The van der Waals surface area contributed by atoms with Crippen LogP contribution in [0.15, 0.2) is 24.3 Å². The maximum absolute atomic E-state index is 5.34. The molecule has 2 heteroatoms. The summed E-state index contributed by atoms with van der Waals surface area (Å²) < 4.78 is 5.34. The third kappa shape index (κ3) is 3.60. The van der Waals surface area contributed by atoms with Crippen molar-refractivity contribution in [1.82, 2.24) is 4.90 Å². The maximum atomic E-state index is 5.34. The van der Waals surface area contributed by atoms with Crippen molar-refractivity contribution in [2.75, 3.05) is 13.7 Å². The van der Waals surface area contributed by atoms with Crippen LogP contribution in [0.1, 0.15) is 64.4 Å². The molecular formula is C23H35NO. The lowest BCUT2D eigenvalue weighted by Gasteiger charge is -2.61. The first-order valence-electron chi connectivity index (χ1n) is 10.4. The number of nitrogens with zero attached hydrogens (tertiary/aromatic N) is 1. The fourth-order valence-corrected chi connectivity index (χ4v) is 6.30. The Morgan fingerprint density at radius 3 is 2.04 bits per heavy atom. The largest absolute Gasteiger partial charge is 0.497 e. The molecule has 4 fully saturated rings. The molecule has 0 aromatic heterocycles. The molecular weight excluding hydrogens is 306 g/mol. The van der Waals surface area contributed by atoms with Gasteiger partial charge in [0.05, 0.1) is 7.11 Å². The summed E-state index contributed by atoms with van der Waals surface area (Å²) in [5.74, 6) is 4.80. The monoisotopic (exact) mass is 341 g/mol. The van der Waals surface area contributed by atoms with E-state index in [1.165, 1.54) is 57.1 Å². The Labute approximate surface area is 153 Å². The third-order valence-electron chi connectivity index (χ3n) is 7.19. The smallest absolute Gasteiger partial charge is 0.118 e. The van der Waals surface area contributed by atoms with Crippen molar-refractivity contribution in [3.63, 3.8) is 0 Å². The van der Waals surface area contributed by atoms with Gasteiger partial charge < -0.3 is 4.74 Å².